The van der Waals surface area contributed by atoms with Gasteiger partial charge in [0.05, 0.1) is 15.3 Å². The molecule has 4 heterocycles. The van der Waals surface area contributed by atoms with Crippen molar-refractivity contribution in [3.8, 4) is 10.6 Å². The lowest BCUT2D eigenvalue weighted by atomic mass is 9.92. The maximum absolute atomic E-state index is 12.8. The molecule has 0 radical (unpaired) electrons. The van der Waals surface area contributed by atoms with Crippen molar-refractivity contribution in [2.75, 3.05) is 37.6 Å². The zero-order chi connectivity index (χ0) is 23.9. The van der Waals surface area contributed by atoms with Crippen molar-refractivity contribution in [1.29, 1.82) is 0 Å². The van der Waals surface area contributed by atoms with Crippen LogP contribution in [0.15, 0.2) is 57.8 Å². The number of allylic oxidation sites excluding steroid dienone is 2. The zero-order valence-corrected chi connectivity index (χ0v) is 20.5. The summed E-state index contributed by atoms with van der Waals surface area (Å²) >= 11 is 7.67. The first kappa shape index (κ1) is 22.4. The molecule has 9 heteroatoms. The number of fused-ring (bicyclic) bond motifs is 2. The molecule has 0 bridgehead atoms. The third kappa shape index (κ3) is 4.37. The largest absolute Gasteiger partial charge is 0.403 e. The van der Waals surface area contributed by atoms with Crippen molar-refractivity contribution in [1.82, 2.24) is 14.9 Å². The smallest absolute Gasteiger partial charge is 0.347 e. The Bertz CT molecular complexity index is 1520. The lowest BCUT2D eigenvalue weighted by molar-refractivity contribution is -0.119. The number of anilines is 1. The average Bonchev–Trinajstić information content (AvgIpc) is 3.31. The molecule has 1 aromatic carbocycles. The van der Waals surface area contributed by atoms with E-state index in [-0.39, 0.29) is 11.7 Å². The Balaban J connectivity index is 1.20. The molecule has 35 heavy (non-hydrogen) atoms. The molecule has 3 aromatic heterocycles. The molecule has 1 aliphatic heterocycles. The van der Waals surface area contributed by atoms with Gasteiger partial charge >= 0.3 is 5.63 Å². The number of pyridine rings is 1. The zero-order valence-electron chi connectivity index (χ0n) is 18.9. The quantitative estimate of drug-likeness (QED) is 0.394. The van der Waals surface area contributed by atoms with Crippen molar-refractivity contribution in [2.45, 2.75) is 12.8 Å². The van der Waals surface area contributed by atoms with Gasteiger partial charge in [-0.2, -0.15) is 4.98 Å². The number of para-hydroxylation sites is 1. The Morgan fingerprint density at radius 1 is 1.09 bits per heavy atom. The van der Waals surface area contributed by atoms with E-state index in [9.17, 15) is 9.59 Å². The minimum atomic E-state index is -0.464. The molecule has 178 valence electrons. The number of halogens is 1. The third-order valence-electron chi connectivity index (χ3n) is 6.73. The van der Waals surface area contributed by atoms with Crippen LogP contribution in [0.5, 0.6) is 0 Å². The number of nitrogens with zero attached hydrogens (tertiary/aromatic N) is 4. The molecule has 2 aliphatic rings. The van der Waals surface area contributed by atoms with Gasteiger partial charge in [0.2, 0.25) is 5.71 Å². The fraction of sp³-hybridized carbons (Fsp3) is 0.308. The van der Waals surface area contributed by atoms with Crippen LogP contribution in [-0.4, -0.2) is 53.4 Å². The molecule has 0 amide bonds. The Morgan fingerprint density at radius 3 is 2.74 bits per heavy atom. The lowest BCUT2D eigenvalue weighted by Crippen LogP contribution is -2.48. The summed E-state index contributed by atoms with van der Waals surface area (Å²) in [6.45, 7) is 4.18. The minimum absolute atomic E-state index is 0.111. The predicted molar refractivity (Wildman–Crippen MR) is 139 cm³/mol. The fourth-order valence-corrected chi connectivity index (χ4v) is 6.04. The van der Waals surface area contributed by atoms with Crippen LogP contribution >= 0.6 is 22.9 Å². The topological polar surface area (TPSA) is 79.5 Å². The van der Waals surface area contributed by atoms with Crippen LogP contribution in [0.3, 0.4) is 0 Å². The number of ketones is 1. The maximum atomic E-state index is 12.8. The molecule has 0 N–H and O–H groups in total. The van der Waals surface area contributed by atoms with Crippen molar-refractivity contribution in [3.63, 3.8) is 0 Å². The highest BCUT2D eigenvalue weighted by Crippen LogP contribution is 2.33. The number of benzene rings is 1. The molecule has 1 atom stereocenters. The average molecular weight is 507 g/mol. The Hall–Kier alpha value is -3.07. The number of aromatic nitrogens is 2. The molecule has 1 aliphatic carbocycles. The lowest BCUT2D eigenvalue weighted by Gasteiger charge is -2.37. The summed E-state index contributed by atoms with van der Waals surface area (Å²) in [5, 5.41) is 1.89. The molecule has 1 unspecified atom stereocenters. The van der Waals surface area contributed by atoms with Gasteiger partial charge in [0.15, 0.2) is 5.78 Å². The van der Waals surface area contributed by atoms with Crippen LogP contribution in [0.25, 0.3) is 31.9 Å². The number of carbonyl (C=O) groups is 1. The van der Waals surface area contributed by atoms with E-state index >= 15 is 0 Å². The van der Waals surface area contributed by atoms with E-state index in [0.29, 0.717) is 26.8 Å². The molecule has 1 saturated heterocycles. The fourth-order valence-electron chi connectivity index (χ4n) is 4.77. The van der Waals surface area contributed by atoms with Gasteiger partial charge in [0.25, 0.3) is 0 Å². The normalized spacial score (nSPS) is 19.2. The molecule has 7 nitrogen and oxygen atoms in total. The van der Waals surface area contributed by atoms with Crippen LogP contribution in [0.1, 0.15) is 12.8 Å². The summed E-state index contributed by atoms with van der Waals surface area (Å²) in [6.07, 6.45) is 5.62. The summed E-state index contributed by atoms with van der Waals surface area (Å²) < 4.78 is 6.54. The van der Waals surface area contributed by atoms with E-state index in [1.807, 2.05) is 30.3 Å². The molecule has 6 rings (SSSR count). The van der Waals surface area contributed by atoms with E-state index in [0.717, 1.165) is 61.5 Å². The number of piperazine rings is 1. The number of carbonyl (C=O) groups excluding carboxylic acids is 1. The molecule has 0 spiro atoms. The predicted octanol–water partition coefficient (Wildman–Crippen LogP) is 4.78. The van der Waals surface area contributed by atoms with Crippen LogP contribution in [0, 0.1) is 5.92 Å². The molecular formula is C26H23ClN4O3S. The van der Waals surface area contributed by atoms with Gasteiger partial charge in [-0.15, -0.1) is 11.3 Å². The van der Waals surface area contributed by atoms with Crippen molar-refractivity contribution in [2.24, 2.45) is 5.92 Å². The van der Waals surface area contributed by atoms with Crippen molar-refractivity contribution >= 4 is 55.9 Å². The SMILES string of the molecule is O=C1C=CCCC1CN1CCN(c2ccc3cc(-c4nc5c(Cl)cccc5s4)c(=O)oc3n2)CC1. The van der Waals surface area contributed by atoms with Gasteiger partial charge in [-0.3, -0.25) is 9.69 Å². The molecule has 1 fully saturated rings. The molecule has 4 aromatic rings. The second-order valence-electron chi connectivity index (χ2n) is 8.98. The van der Waals surface area contributed by atoms with Gasteiger partial charge in [-0.25, -0.2) is 9.78 Å². The first-order valence-electron chi connectivity index (χ1n) is 11.7. The first-order valence-corrected chi connectivity index (χ1v) is 12.9. The Morgan fingerprint density at radius 2 is 1.94 bits per heavy atom. The standard InChI is InChI=1S/C26H23ClN4O3S/c27-19-5-3-7-21-23(19)29-25(35-21)18-14-16-8-9-22(28-24(16)34-26(18)33)31-12-10-30(11-13-31)15-17-4-1-2-6-20(17)32/h2-3,5-9,14,17H,1,4,10-13,15H2. The maximum Gasteiger partial charge on any atom is 0.347 e. The summed E-state index contributed by atoms with van der Waals surface area (Å²) in [5.74, 6) is 1.15. The minimum Gasteiger partial charge on any atom is -0.403 e. The van der Waals surface area contributed by atoms with E-state index < -0.39 is 5.63 Å². The molecule has 0 saturated carbocycles. The first-order chi connectivity index (χ1) is 17.0. The highest BCUT2D eigenvalue weighted by atomic mass is 35.5. The third-order valence-corrected chi connectivity index (χ3v) is 8.08. The number of hydrogen-bond donors (Lipinski definition) is 0. The van der Waals surface area contributed by atoms with Crippen LogP contribution in [0.2, 0.25) is 5.02 Å². The Kier molecular flexibility index (Phi) is 5.88. The second-order valence-corrected chi connectivity index (χ2v) is 10.4. The van der Waals surface area contributed by atoms with E-state index in [1.54, 1.807) is 18.2 Å². The van der Waals surface area contributed by atoms with Crippen LogP contribution < -0.4 is 10.5 Å². The van der Waals surface area contributed by atoms with E-state index in [4.69, 9.17) is 16.0 Å². The number of rotatable bonds is 4. The van der Waals surface area contributed by atoms with Gasteiger partial charge < -0.3 is 9.32 Å². The van der Waals surface area contributed by atoms with E-state index in [1.165, 1.54) is 11.3 Å². The summed E-state index contributed by atoms with van der Waals surface area (Å²) in [7, 11) is 0. The monoisotopic (exact) mass is 506 g/mol. The highest BCUT2D eigenvalue weighted by Gasteiger charge is 2.25. The van der Waals surface area contributed by atoms with Gasteiger partial charge in [0, 0.05) is 44.0 Å². The van der Waals surface area contributed by atoms with Gasteiger partial charge in [-0.05, 0) is 49.2 Å². The van der Waals surface area contributed by atoms with Gasteiger partial charge in [0.1, 0.15) is 16.3 Å². The molecular weight excluding hydrogens is 484 g/mol. The van der Waals surface area contributed by atoms with Gasteiger partial charge in [-0.1, -0.05) is 23.7 Å². The Labute approximate surface area is 210 Å². The van der Waals surface area contributed by atoms with Crippen molar-refractivity contribution < 1.29 is 9.21 Å². The second kappa shape index (κ2) is 9.18. The summed E-state index contributed by atoms with van der Waals surface area (Å²) in [5.41, 5.74) is 0.946. The summed E-state index contributed by atoms with van der Waals surface area (Å²) in [6, 6.07) is 11.3. The van der Waals surface area contributed by atoms with Crippen molar-refractivity contribution in [3.05, 3.63) is 64.0 Å². The number of hydrogen-bond acceptors (Lipinski definition) is 8. The highest BCUT2D eigenvalue weighted by molar-refractivity contribution is 7.21. The number of thiazole rings is 1. The summed E-state index contributed by atoms with van der Waals surface area (Å²) in [4.78, 5) is 38.7. The van der Waals surface area contributed by atoms with E-state index in [2.05, 4.69) is 19.8 Å². The van der Waals surface area contributed by atoms with Crippen LogP contribution in [0.4, 0.5) is 5.82 Å². The van der Waals surface area contributed by atoms with Crippen LogP contribution in [-0.2, 0) is 4.79 Å².